The van der Waals surface area contributed by atoms with Crippen LogP contribution in [0.2, 0.25) is 0 Å². The molecule has 198 valence electrons. The number of alkyl halides is 2. The van der Waals surface area contributed by atoms with Gasteiger partial charge in [-0.1, -0.05) is 36.4 Å². The lowest BCUT2D eigenvalue weighted by molar-refractivity contribution is -0.181. The minimum atomic E-state index is -3.10. The Kier molecular flexibility index (Phi) is 7.29. The summed E-state index contributed by atoms with van der Waals surface area (Å²) in [6, 6.07) is 11.8. The fourth-order valence-electron chi connectivity index (χ4n) is 5.80. The first-order valence-electron chi connectivity index (χ1n) is 12.8. The van der Waals surface area contributed by atoms with Crippen LogP contribution >= 0.6 is 0 Å². The van der Waals surface area contributed by atoms with Crippen LogP contribution in [0.1, 0.15) is 54.1 Å². The summed E-state index contributed by atoms with van der Waals surface area (Å²) in [4.78, 5) is 18.9. The van der Waals surface area contributed by atoms with Crippen molar-refractivity contribution in [2.75, 3.05) is 20.8 Å². The Labute approximate surface area is 215 Å². The van der Waals surface area contributed by atoms with E-state index in [1.807, 2.05) is 12.1 Å². The van der Waals surface area contributed by atoms with Crippen molar-refractivity contribution in [1.82, 2.24) is 14.5 Å². The first-order valence-corrected chi connectivity index (χ1v) is 12.8. The van der Waals surface area contributed by atoms with E-state index in [1.165, 1.54) is 26.4 Å². The molecule has 2 aromatic carbocycles. The number of imidazole rings is 1. The SMILES string of the molecule is COC(=O)C1CCC(c2nc3c4c(ccc3n2CC(F)(F)c2ccccc2)CCN(C(O)OC)C4)CC1. The molecule has 7 nitrogen and oxygen atoms in total. The molecule has 2 heterocycles. The second kappa shape index (κ2) is 10.5. The van der Waals surface area contributed by atoms with Gasteiger partial charge in [0.15, 0.2) is 0 Å². The number of aliphatic hydroxyl groups is 1. The van der Waals surface area contributed by atoms with E-state index >= 15 is 8.78 Å². The zero-order valence-corrected chi connectivity index (χ0v) is 21.2. The summed E-state index contributed by atoms with van der Waals surface area (Å²) in [5.74, 6) is -2.89. The number of carbonyl (C=O) groups is 1. The first kappa shape index (κ1) is 25.8. The molecule has 0 radical (unpaired) electrons. The molecule has 0 bridgehead atoms. The van der Waals surface area contributed by atoms with Crippen LogP contribution in [0.4, 0.5) is 8.78 Å². The van der Waals surface area contributed by atoms with E-state index < -0.39 is 18.9 Å². The van der Waals surface area contributed by atoms with Gasteiger partial charge in [0, 0.05) is 31.7 Å². The molecule has 1 aromatic heterocycles. The van der Waals surface area contributed by atoms with Gasteiger partial charge in [0.2, 0.25) is 6.41 Å². The molecule has 1 aliphatic carbocycles. The number of hydrogen-bond acceptors (Lipinski definition) is 6. The maximum atomic E-state index is 15.6. The predicted molar refractivity (Wildman–Crippen MR) is 134 cm³/mol. The quantitative estimate of drug-likeness (QED) is 0.369. The number of hydrogen-bond donors (Lipinski definition) is 1. The van der Waals surface area contributed by atoms with Crippen LogP contribution in [0.3, 0.4) is 0 Å². The number of esters is 1. The lowest BCUT2D eigenvalue weighted by atomic mass is 9.81. The fraction of sp³-hybridized carbons (Fsp3) is 0.500. The molecule has 1 saturated carbocycles. The third-order valence-corrected chi connectivity index (χ3v) is 7.88. The van der Waals surface area contributed by atoms with Crippen molar-refractivity contribution in [3.05, 3.63) is 65.0 Å². The first-order chi connectivity index (χ1) is 17.8. The normalized spacial score (nSPS) is 21.5. The predicted octanol–water partition coefficient (Wildman–Crippen LogP) is 4.56. The van der Waals surface area contributed by atoms with Gasteiger partial charge in [-0.2, -0.15) is 8.78 Å². The Morgan fingerprint density at radius 2 is 1.86 bits per heavy atom. The second-order valence-electron chi connectivity index (χ2n) is 10.1. The lowest BCUT2D eigenvalue weighted by Gasteiger charge is -2.31. The Hall–Kier alpha value is -2.88. The number of ether oxygens (including phenoxy) is 2. The maximum absolute atomic E-state index is 15.6. The average molecular weight is 514 g/mol. The summed E-state index contributed by atoms with van der Waals surface area (Å²) in [5.41, 5.74) is 3.36. The molecule has 0 spiro atoms. The standard InChI is InChI=1S/C28H33F2N3O4/c1-36-26(34)20-10-8-19(9-11-20)25-31-24-22-16-32(27(35)37-2)15-14-18(22)12-13-23(24)33(25)17-28(29,30)21-6-4-3-5-7-21/h3-7,12-13,19-20,27,35H,8-11,14-17H2,1-2H3. The molecule has 37 heavy (non-hydrogen) atoms. The Bertz CT molecular complexity index is 1260. The summed E-state index contributed by atoms with van der Waals surface area (Å²) in [6.07, 6.45) is 2.30. The summed E-state index contributed by atoms with van der Waals surface area (Å²) in [6.45, 7) is 0.524. The van der Waals surface area contributed by atoms with Crippen molar-refractivity contribution in [2.45, 2.75) is 63.4 Å². The van der Waals surface area contributed by atoms with Crippen LogP contribution in [-0.4, -0.2) is 52.7 Å². The Morgan fingerprint density at radius 1 is 1.14 bits per heavy atom. The van der Waals surface area contributed by atoms with Crippen molar-refractivity contribution in [3.8, 4) is 0 Å². The van der Waals surface area contributed by atoms with Gasteiger partial charge in [0.1, 0.15) is 5.82 Å². The van der Waals surface area contributed by atoms with Crippen LogP contribution in [-0.2, 0) is 39.7 Å². The number of halogens is 2. The van der Waals surface area contributed by atoms with Gasteiger partial charge in [-0.25, -0.2) is 4.98 Å². The van der Waals surface area contributed by atoms with Crippen molar-refractivity contribution in [1.29, 1.82) is 0 Å². The van der Waals surface area contributed by atoms with Gasteiger partial charge in [-0.15, -0.1) is 0 Å². The highest BCUT2D eigenvalue weighted by molar-refractivity contribution is 5.81. The van der Waals surface area contributed by atoms with Crippen LogP contribution in [0.5, 0.6) is 0 Å². The molecule has 1 unspecified atom stereocenters. The third kappa shape index (κ3) is 5.00. The van der Waals surface area contributed by atoms with Crippen LogP contribution in [0.15, 0.2) is 42.5 Å². The van der Waals surface area contributed by atoms with Crippen LogP contribution < -0.4 is 0 Å². The summed E-state index contributed by atoms with van der Waals surface area (Å²) < 4.78 is 42.9. The molecule has 2 aliphatic rings. The molecule has 1 N–H and O–H groups in total. The number of aliphatic hydroxyl groups excluding tert-OH is 1. The second-order valence-corrected chi connectivity index (χ2v) is 10.1. The fourth-order valence-corrected chi connectivity index (χ4v) is 5.80. The summed E-state index contributed by atoms with van der Waals surface area (Å²) >= 11 is 0. The van der Waals surface area contributed by atoms with Crippen molar-refractivity contribution >= 4 is 17.0 Å². The van der Waals surface area contributed by atoms with E-state index in [-0.39, 0.29) is 23.4 Å². The largest absolute Gasteiger partial charge is 0.469 e. The van der Waals surface area contributed by atoms with Crippen molar-refractivity contribution in [2.24, 2.45) is 5.92 Å². The smallest absolute Gasteiger partial charge is 0.308 e. The molecule has 1 fully saturated rings. The minimum Gasteiger partial charge on any atom is -0.469 e. The molecule has 9 heteroatoms. The Morgan fingerprint density at radius 3 is 2.54 bits per heavy atom. The van der Waals surface area contributed by atoms with E-state index in [0.717, 1.165) is 11.1 Å². The molecule has 1 aliphatic heterocycles. The van der Waals surface area contributed by atoms with E-state index in [9.17, 15) is 9.90 Å². The van der Waals surface area contributed by atoms with E-state index in [0.29, 0.717) is 62.1 Å². The van der Waals surface area contributed by atoms with Gasteiger partial charge in [-0.05, 0) is 49.3 Å². The zero-order valence-electron chi connectivity index (χ0n) is 21.2. The van der Waals surface area contributed by atoms with Crippen molar-refractivity contribution in [3.63, 3.8) is 0 Å². The van der Waals surface area contributed by atoms with Crippen LogP contribution in [0.25, 0.3) is 11.0 Å². The van der Waals surface area contributed by atoms with Crippen molar-refractivity contribution < 1.29 is 28.2 Å². The number of rotatable bonds is 7. The average Bonchev–Trinajstić information content (AvgIpc) is 3.30. The van der Waals surface area contributed by atoms with Gasteiger partial charge in [0.25, 0.3) is 5.92 Å². The highest BCUT2D eigenvalue weighted by Gasteiger charge is 2.37. The monoisotopic (exact) mass is 513 g/mol. The molecule has 1 atom stereocenters. The third-order valence-electron chi connectivity index (χ3n) is 7.88. The highest BCUT2D eigenvalue weighted by Crippen LogP contribution is 2.40. The van der Waals surface area contributed by atoms with Gasteiger partial charge in [0.05, 0.1) is 30.6 Å². The minimum absolute atomic E-state index is 0.0375. The summed E-state index contributed by atoms with van der Waals surface area (Å²) in [7, 11) is 2.84. The lowest BCUT2D eigenvalue weighted by Crippen LogP contribution is -2.40. The molecule has 0 amide bonds. The van der Waals surface area contributed by atoms with E-state index in [1.54, 1.807) is 27.7 Å². The molecular formula is C28H33F2N3O4. The summed E-state index contributed by atoms with van der Waals surface area (Å²) in [5, 5.41) is 10.3. The highest BCUT2D eigenvalue weighted by atomic mass is 19.3. The van der Waals surface area contributed by atoms with E-state index in [2.05, 4.69) is 0 Å². The topological polar surface area (TPSA) is 76.8 Å². The molecular weight excluding hydrogens is 480 g/mol. The number of benzene rings is 2. The Balaban J connectivity index is 1.56. The number of nitrogens with zero attached hydrogens (tertiary/aromatic N) is 3. The number of fused-ring (bicyclic) bond motifs is 3. The number of aromatic nitrogens is 2. The molecule has 5 rings (SSSR count). The van der Waals surface area contributed by atoms with Gasteiger partial charge in [-0.3, -0.25) is 9.69 Å². The zero-order chi connectivity index (χ0) is 26.2. The van der Waals surface area contributed by atoms with Crippen LogP contribution in [0, 0.1) is 5.92 Å². The van der Waals surface area contributed by atoms with E-state index in [4.69, 9.17) is 14.5 Å². The molecule has 3 aromatic rings. The number of carbonyl (C=O) groups excluding carboxylic acids is 1. The van der Waals surface area contributed by atoms with Gasteiger partial charge >= 0.3 is 5.97 Å². The number of methoxy groups -OCH3 is 2. The maximum Gasteiger partial charge on any atom is 0.308 e. The van der Waals surface area contributed by atoms with Gasteiger partial charge < -0.3 is 19.1 Å². The molecule has 0 saturated heterocycles.